The number of benzene rings is 1. The first-order valence-corrected chi connectivity index (χ1v) is 8.78. The highest BCUT2D eigenvalue weighted by Gasteiger charge is 2.40. The fourth-order valence-corrected chi connectivity index (χ4v) is 2.69. The molecule has 0 aliphatic carbocycles. The van der Waals surface area contributed by atoms with E-state index in [1.54, 1.807) is 39.8 Å². The summed E-state index contributed by atoms with van der Waals surface area (Å²) >= 11 is 0. The Morgan fingerprint density at radius 3 is 2.32 bits per heavy atom. The molecule has 0 spiro atoms. The summed E-state index contributed by atoms with van der Waals surface area (Å²) in [4.78, 5) is 4.42. The summed E-state index contributed by atoms with van der Waals surface area (Å²) in [7, 11) is 0.766. The standard InChI is InChI=1S/C18H30BFN2O3/c1-17(2,23)18(3,4)25-19(24)15-7-6-8-16(20)14(15)13-22-11-9-21(5)10-12-22/h6-8,23-24H,9-13H2,1-5H3. The van der Waals surface area contributed by atoms with Gasteiger partial charge in [-0.2, -0.15) is 0 Å². The van der Waals surface area contributed by atoms with E-state index in [4.69, 9.17) is 4.65 Å². The third-order valence-corrected chi connectivity index (χ3v) is 5.28. The van der Waals surface area contributed by atoms with Gasteiger partial charge < -0.3 is 19.7 Å². The van der Waals surface area contributed by atoms with Crippen molar-refractivity contribution in [2.75, 3.05) is 33.2 Å². The van der Waals surface area contributed by atoms with Crippen LogP contribution in [-0.2, 0) is 11.2 Å². The Balaban J connectivity index is 2.19. The molecule has 140 valence electrons. The van der Waals surface area contributed by atoms with Crippen molar-refractivity contribution < 1.29 is 19.2 Å². The van der Waals surface area contributed by atoms with Crippen LogP contribution in [0.2, 0.25) is 0 Å². The second kappa shape index (κ2) is 7.72. The smallest absolute Gasteiger partial charge is 0.423 e. The van der Waals surface area contributed by atoms with Gasteiger partial charge in [-0.05, 0) is 46.3 Å². The second-order valence-electron chi connectivity index (χ2n) is 7.93. The Hall–Kier alpha value is -0.985. The van der Waals surface area contributed by atoms with Gasteiger partial charge in [-0.15, -0.1) is 0 Å². The molecule has 25 heavy (non-hydrogen) atoms. The highest BCUT2D eigenvalue weighted by molar-refractivity contribution is 6.60. The van der Waals surface area contributed by atoms with Crippen molar-refractivity contribution in [1.29, 1.82) is 0 Å². The predicted molar refractivity (Wildman–Crippen MR) is 98.2 cm³/mol. The quantitative estimate of drug-likeness (QED) is 0.743. The summed E-state index contributed by atoms with van der Waals surface area (Å²) in [6.07, 6.45) is 0. The molecule has 2 rings (SSSR count). The monoisotopic (exact) mass is 352 g/mol. The number of halogens is 1. The minimum Gasteiger partial charge on any atom is -0.423 e. The second-order valence-corrected chi connectivity index (χ2v) is 7.93. The van der Waals surface area contributed by atoms with Crippen LogP contribution >= 0.6 is 0 Å². The molecular formula is C18H30BFN2O3. The van der Waals surface area contributed by atoms with Gasteiger partial charge in [0.2, 0.25) is 0 Å². The normalized spacial score (nSPS) is 17.8. The maximum Gasteiger partial charge on any atom is 0.492 e. The van der Waals surface area contributed by atoms with Gasteiger partial charge in [0.15, 0.2) is 0 Å². The van der Waals surface area contributed by atoms with Gasteiger partial charge in [0.25, 0.3) is 0 Å². The minimum absolute atomic E-state index is 0.347. The van der Waals surface area contributed by atoms with E-state index < -0.39 is 18.3 Å². The van der Waals surface area contributed by atoms with E-state index >= 15 is 0 Å². The number of rotatable bonds is 6. The van der Waals surface area contributed by atoms with Crippen molar-refractivity contribution >= 4 is 12.6 Å². The van der Waals surface area contributed by atoms with Crippen molar-refractivity contribution in [2.45, 2.75) is 45.4 Å². The number of piperazine rings is 1. The molecule has 0 atom stereocenters. The van der Waals surface area contributed by atoms with Gasteiger partial charge in [0.05, 0.1) is 11.2 Å². The van der Waals surface area contributed by atoms with Crippen LogP contribution in [0.5, 0.6) is 0 Å². The molecule has 1 aromatic rings. The minimum atomic E-state index is -1.31. The van der Waals surface area contributed by atoms with E-state index in [0.717, 1.165) is 26.2 Å². The number of aliphatic hydroxyl groups is 1. The number of hydrogen-bond donors (Lipinski definition) is 2. The molecule has 0 aromatic heterocycles. The van der Waals surface area contributed by atoms with E-state index in [-0.39, 0.29) is 5.82 Å². The zero-order chi connectivity index (χ0) is 18.8. The van der Waals surface area contributed by atoms with Gasteiger partial charge in [-0.1, -0.05) is 12.1 Å². The van der Waals surface area contributed by atoms with Gasteiger partial charge in [0.1, 0.15) is 5.82 Å². The van der Waals surface area contributed by atoms with E-state index in [0.29, 0.717) is 17.6 Å². The van der Waals surface area contributed by atoms with Crippen LogP contribution in [0.25, 0.3) is 0 Å². The lowest BCUT2D eigenvalue weighted by Crippen LogP contribution is -2.54. The highest BCUT2D eigenvalue weighted by atomic mass is 19.1. The maximum atomic E-state index is 14.5. The summed E-state index contributed by atoms with van der Waals surface area (Å²) in [5, 5.41) is 20.8. The first-order chi connectivity index (χ1) is 11.5. The molecule has 1 heterocycles. The summed E-state index contributed by atoms with van der Waals surface area (Å²) in [6, 6.07) is 4.66. The summed E-state index contributed by atoms with van der Waals surface area (Å²) < 4.78 is 20.2. The third-order valence-electron chi connectivity index (χ3n) is 5.28. The molecule has 0 amide bonds. The number of nitrogens with zero attached hydrogens (tertiary/aromatic N) is 2. The Bertz CT molecular complexity index is 584. The van der Waals surface area contributed by atoms with Crippen LogP contribution < -0.4 is 5.46 Å². The van der Waals surface area contributed by atoms with Crippen molar-refractivity contribution in [3.8, 4) is 0 Å². The molecule has 1 aliphatic heterocycles. The van der Waals surface area contributed by atoms with Crippen molar-refractivity contribution in [1.82, 2.24) is 9.80 Å². The Morgan fingerprint density at radius 1 is 1.16 bits per heavy atom. The summed E-state index contributed by atoms with van der Waals surface area (Å²) in [5.74, 6) is -0.347. The van der Waals surface area contributed by atoms with Crippen molar-refractivity contribution in [3.63, 3.8) is 0 Å². The van der Waals surface area contributed by atoms with Crippen molar-refractivity contribution in [2.24, 2.45) is 0 Å². The Labute approximate surface area is 150 Å². The molecule has 1 fully saturated rings. The Morgan fingerprint density at radius 2 is 1.76 bits per heavy atom. The first-order valence-electron chi connectivity index (χ1n) is 8.78. The SMILES string of the molecule is CN1CCN(Cc2c(F)cccc2B(O)OC(C)(C)C(C)(C)O)CC1. The van der Waals surface area contributed by atoms with Gasteiger partial charge in [-0.25, -0.2) is 4.39 Å². The molecular weight excluding hydrogens is 322 g/mol. The molecule has 1 aromatic carbocycles. The van der Waals surface area contributed by atoms with Crippen LogP contribution in [0.4, 0.5) is 4.39 Å². The average Bonchev–Trinajstić information content (AvgIpc) is 2.49. The topological polar surface area (TPSA) is 56.2 Å². The largest absolute Gasteiger partial charge is 0.492 e. The molecule has 0 bridgehead atoms. The molecule has 0 unspecified atom stereocenters. The highest BCUT2D eigenvalue weighted by Crippen LogP contribution is 2.25. The van der Waals surface area contributed by atoms with Gasteiger partial charge in [-0.3, -0.25) is 4.90 Å². The predicted octanol–water partition coefficient (Wildman–Crippen LogP) is 0.827. The lowest BCUT2D eigenvalue weighted by atomic mass is 9.74. The first kappa shape index (κ1) is 20.3. The lowest BCUT2D eigenvalue weighted by molar-refractivity contribution is -0.0983. The summed E-state index contributed by atoms with van der Waals surface area (Å²) in [6.45, 7) is 10.7. The zero-order valence-electron chi connectivity index (χ0n) is 15.9. The van der Waals surface area contributed by atoms with Crippen LogP contribution in [0, 0.1) is 5.82 Å². The molecule has 5 nitrogen and oxygen atoms in total. The molecule has 7 heteroatoms. The van der Waals surface area contributed by atoms with Crippen LogP contribution in [0.15, 0.2) is 18.2 Å². The molecule has 1 aliphatic rings. The van der Waals surface area contributed by atoms with E-state index in [9.17, 15) is 14.5 Å². The lowest BCUT2D eigenvalue weighted by Gasteiger charge is -2.38. The zero-order valence-corrected chi connectivity index (χ0v) is 15.9. The van der Waals surface area contributed by atoms with Gasteiger partial charge in [0, 0.05) is 38.3 Å². The molecule has 2 N–H and O–H groups in total. The van der Waals surface area contributed by atoms with Crippen LogP contribution in [0.3, 0.4) is 0 Å². The average molecular weight is 352 g/mol. The molecule has 0 saturated carbocycles. The van der Waals surface area contributed by atoms with E-state index in [1.165, 1.54) is 6.07 Å². The molecule has 1 saturated heterocycles. The van der Waals surface area contributed by atoms with Crippen molar-refractivity contribution in [3.05, 3.63) is 29.6 Å². The summed E-state index contributed by atoms with van der Waals surface area (Å²) in [5.41, 5.74) is -1.29. The Kier molecular flexibility index (Phi) is 6.28. The number of hydrogen-bond acceptors (Lipinski definition) is 5. The number of likely N-dealkylation sites (N-methyl/N-ethyl adjacent to an activating group) is 1. The fraction of sp³-hybridized carbons (Fsp3) is 0.667. The van der Waals surface area contributed by atoms with E-state index in [2.05, 4.69) is 16.8 Å². The van der Waals surface area contributed by atoms with Crippen LogP contribution in [0.1, 0.15) is 33.3 Å². The third kappa shape index (κ3) is 5.02. The van der Waals surface area contributed by atoms with E-state index in [1.807, 2.05) is 0 Å². The van der Waals surface area contributed by atoms with Crippen LogP contribution in [-0.4, -0.2) is 71.5 Å². The van der Waals surface area contributed by atoms with Gasteiger partial charge >= 0.3 is 7.12 Å². The molecule has 0 radical (unpaired) electrons. The maximum absolute atomic E-state index is 14.5. The fourth-order valence-electron chi connectivity index (χ4n) is 2.69.